The van der Waals surface area contributed by atoms with E-state index in [2.05, 4.69) is 0 Å². The molecule has 2 heterocycles. The summed E-state index contributed by atoms with van der Waals surface area (Å²) in [6.45, 7) is 1.63. The molecule has 0 saturated carbocycles. The number of benzene rings is 6. The maximum absolute atomic E-state index is 6.42. The molecule has 0 bridgehead atoms. The van der Waals surface area contributed by atoms with Gasteiger partial charge in [-0.25, -0.2) is 0 Å². The van der Waals surface area contributed by atoms with Crippen molar-refractivity contribution in [3.63, 3.8) is 0 Å². The van der Waals surface area contributed by atoms with E-state index in [4.69, 9.17) is 28.9 Å². The summed E-state index contributed by atoms with van der Waals surface area (Å²) in [4.78, 5) is 9.84. The molecule has 0 atom stereocenters. The first-order valence-electron chi connectivity index (χ1n) is 16.6. The van der Waals surface area contributed by atoms with E-state index in [1.165, 1.54) is 0 Å². The number of ether oxygens (including phenoxy) is 4. The van der Waals surface area contributed by atoms with Crippen LogP contribution in [-0.2, 0) is 26.4 Å². The Hall–Kier alpha value is -6.40. The van der Waals surface area contributed by atoms with Gasteiger partial charge in [0.2, 0.25) is 0 Å². The normalized spacial score (nSPS) is 11.1. The monoisotopic (exact) mass is 654 g/mol. The van der Waals surface area contributed by atoms with Crippen molar-refractivity contribution in [2.75, 3.05) is 0 Å². The van der Waals surface area contributed by atoms with E-state index in [1.807, 2.05) is 158 Å². The molecule has 0 unspecified atom stereocenters. The van der Waals surface area contributed by atoms with Crippen LogP contribution >= 0.6 is 0 Å². The Balaban J connectivity index is 1.19. The van der Waals surface area contributed by atoms with Gasteiger partial charge in [0.25, 0.3) is 0 Å². The fourth-order valence-electron chi connectivity index (χ4n) is 5.97. The highest BCUT2D eigenvalue weighted by molar-refractivity contribution is 6.15. The predicted octanol–water partition coefficient (Wildman–Crippen LogP) is 10.3. The second-order valence-corrected chi connectivity index (χ2v) is 12.1. The summed E-state index contributed by atoms with van der Waals surface area (Å²) in [5.41, 5.74) is 5.86. The molecule has 0 spiro atoms. The van der Waals surface area contributed by atoms with Crippen molar-refractivity contribution in [3.8, 4) is 23.0 Å². The van der Waals surface area contributed by atoms with Crippen LogP contribution in [0.3, 0.4) is 0 Å². The van der Waals surface area contributed by atoms with E-state index in [9.17, 15) is 0 Å². The molecule has 6 nitrogen and oxygen atoms in total. The minimum Gasteiger partial charge on any atom is -0.485 e. The van der Waals surface area contributed by atoms with Crippen LogP contribution in [0.5, 0.6) is 23.0 Å². The first-order valence-corrected chi connectivity index (χ1v) is 16.6. The lowest BCUT2D eigenvalue weighted by Gasteiger charge is -2.17. The third kappa shape index (κ3) is 6.91. The molecule has 0 aliphatic heterocycles. The molecule has 0 N–H and O–H groups in total. The summed E-state index contributed by atoms with van der Waals surface area (Å²) in [5, 5.41) is 3.74. The third-order valence-corrected chi connectivity index (χ3v) is 8.61. The highest BCUT2D eigenvalue weighted by Crippen LogP contribution is 2.40. The van der Waals surface area contributed by atoms with Crippen molar-refractivity contribution < 1.29 is 18.9 Å². The molecule has 8 aromatic rings. The molecule has 0 radical (unpaired) electrons. The largest absolute Gasteiger partial charge is 0.485 e. The second kappa shape index (κ2) is 14.4. The Morgan fingerprint density at radius 3 is 0.900 bits per heavy atom. The van der Waals surface area contributed by atoms with Gasteiger partial charge in [-0.05, 0) is 34.4 Å². The molecule has 2 aromatic heterocycles. The molecular formula is C44H34N2O4. The van der Waals surface area contributed by atoms with Crippen molar-refractivity contribution in [3.05, 3.63) is 180 Å². The number of hydrogen-bond acceptors (Lipinski definition) is 6. The molecule has 8 rings (SSSR count). The van der Waals surface area contributed by atoms with Crippen LogP contribution in [-0.4, -0.2) is 9.97 Å². The quantitative estimate of drug-likeness (QED) is 0.122. The zero-order valence-corrected chi connectivity index (χ0v) is 27.4. The van der Waals surface area contributed by atoms with E-state index in [1.54, 1.807) is 0 Å². The van der Waals surface area contributed by atoms with Crippen molar-refractivity contribution in [1.29, 1.82) is 0 Å². The highest BCUT2D eigenvalue weighted by Gasteiger charge is 2.16. The number of fused-ring (bicyclic) bond motifs is 5. The number of aromatic nitrogens is 2. The smallest absolute Gasteiger partial charge is 0.163 e. The van der Waals surface area contributed by atoms with Gasteiger partial charge >= 0.3 is 0 Å². The molecule has 6 aromatic carbocycles. The molecule has 0 aliphatic rings. The summed E-state index contributed by atoms with van der Waals surface area (Å²) in [6.07, 6.45) is 3.80. The number of hydrogen-bond donors (Lipinski definition) is 0. The average molecular weight is 655 g/mol. The second-order valence-electron chi connectivity index (χ2n) is 12.1. The van der Waals surface area contributed by atoms with Gasteiger partial charge in [0.15, 0.2) is 23.0 Å². The summed E-state index contributed by atoms with van der Waals surface area (Å²) in [7, 11) is 0. The highest BCUT2D eigenvalue weighted by atomic mass is 16.5. The summed E-state index contributed by atoms with van der Waals surface area (Å²) in [6, 6.07) is 48.4. The Kier molecular flexibility index (Phi) is 8.89. The van der Waals surface area contributed by atoms with Crippen molar-refractivity contribution >= 4 is 32.6 Å². The molecule has 0 fully saturated rings. The maximum Gasteiger partial charge on any atom is 0.163 e. The van der Waals surface area contributed by atoms with Crippen LogP contribution < -0.4 is 18.9 Å². The fourth-order valence-corrected chi connectivity index (χ4v) is 5.97. The Labute approximate surface area is 290 Å². The molecule has 244 valence electrons. The average Bonchev–Trinajstić information content (AvgIpc) is 3.18. The summed E-state index contributed by atoms with van der Waals surface area (Å²) in [5.74, 6) is 2.55. The molecule has 50 heavy (non-hydrogen) atoms. The van der Waals surface area contributed by atoms with Gasteiger partial charge in [-0.2, -0.15) is 0 Å². The van der Waals surface area contributed by atoms with Gasteiger partial charge in [0, 0.05) is 46.1 Å². The van der Waals surface area contributed by atoms with E-state index >= 15 is 0 Å². The van der Waals surface area contributed by atoms with Crippen LogP contribution in [0.25, 0.3) is 32.6 Å². The lowest BCUT2D eigenvalue weighted by Crippen LogP contribution is -2.02. The van der Waals surface area contributed by atoms with Crippen LogP contribution in [0, 0.1) is 0 Å². The zero-order chi connectivity index (χ0) is 33.5. The first kappa shape index (κ1) is 30.9. The minimum absolute atomic E-state index is 0.404. The lowest BCUT2D eigenvalue weighted by molar-refractivity contribution is 0.256. The SMILES string of the molecule is c1ccc(COc2cc3ncc4c5cc(OCc6ccccc6)c(OCc6ccccc6)cc5ncc4c3cc2OCc2ccccc2)cc1. The molecule has 0 amide bonds. The lowest BCUT2D eigenvalue weighted by atomic mass is 10.0. The number of nitrogens with zero attached hydrogens (tertiary/aromatic N) is 2. The van der Waals surface area contributed by atoms with Crippen molar-refractivity contribution in [2.24, 2.45) is 0 Å². The van der Waals surface area contributed by atoms with E-state index in [0.29, 0.717) is 49.4 Å². The van der Waals surface area contributed by atoms with Crippen LogP contribution in [0.1, 0.15) is 22.3 Å². The van der Waals surface area contributed by atoms with Gasteiger partial charge in [0.05, 0.1) is 11.0 Å². The molecular weight excluding hydrogens is 620 g/mol. The topological polar surface area (TPSA) is 62.7 Å². The first-order chi connectivity index (χ1) is 24.8. The Morgan fingerprint density at radius 2 is 0.600 bits per heavy atom. The van der Waals surface area contributed by atoms with E-state index in [-0.39, 0.29) is 0 Å². The predicted molar refractivity (Wildman–Crippen MR) is 198 cm³/mol. The zero-order valence-electron chi connectivity index (χ0n) is 27.4. The van der Waals surface area contributed by atoms with Crippen LogP contribution in [0.15, 0.2) is 158 Å². The van der Waals surface area contributed by atoms with E-state index in [0.717, 1.165) is 54.8 Å². The number of pyridine rings is 2. The standard InChI is InChI=1S/C44H34N2O4/c1-5-13-31(14-6-1)27-47-41-21-35-37-25-46-40-24-44(50-30-34-19-11-4-12-20-34)42(48-28-32-15-7-2-8-16-32)22-36(40)38(37)26-45-39(35)23-43(41)49-29-33-17-9-3-10-18-33/h1-26H,27-30H2. The van der Waals surface area contributed by atoms with Gasteiger partial charge in [-0.3, -0.25) is 9.97 Å². The fraction of sp³-hybridized carbons (Fsp3) is 0.0909. The minimum atomic E-state index is 0.404. The third-order valence-electron chi connectivity index (χ3n) is 8.61. The maximum atomic E-state index is 6.42. The Bertz CT molecular complexity index is 2200. The van der Waals surface area contributed by atoms with Crippen LogP contribution in [0.4, 0.5) is 0 Å². The van der Waals surface area contributed by atoms with Crippen molar-refractivity contribution in [2.45, 2.75) is 26.4 Å². The summed E-state index contributed by atoms with van der Waals surface area (Å²) < 4.78 is 25.5. The molecule has 0 aliphatic carbocycles. The molecule has 0 saturated heterocycles. The Morgan fingerprint density at radius 1 is 0.320 bits per heavy atom. The molecule has 6 heteroatoms. The van der Waals surface area contributed by atoms with E-state index < -0.39 is 0 Å². The van der Waals surface area contributed by atoms with Gasteiger partial charge in [-0.15, -0.1) is 0 Å². The van der Waals surface area contributed by atoms with Gasteiger partial charge in [-0.1, -0.05) is 121 Å². The summed E-state index contributed by atoms with van der Waals surface area (Å²) >= 11 is 0. The van der Waals surface area contributed by atoms with Gasteiger partial charge in [0.1, 0.15) is 26.4 Å². The van der Waals surface area contributed by atoms with Gasteiger partial charge < -0.3 is 18.9 Å². The van der Waals surface area contributed by atoms with Crippen LogP contribution in [0.2, 0.25) is 0 Å². The number of rotatable bonds is 12. The van der Waals surface area contributed by atoms with Crippen molar-refractivity contribution in [1.82, 2.24) is 9.97 Å².